The quantitative estimate of drug-likeness (QED) is 0.633. The molecule has 0 radical (unpaired) electrons. The van der Waals surface area contributed by atoms with Gasteiger partial charge < -0.3 is 10.5 Å². The summed E-state index contributed by atoms with van der Waals surface area (Å²) in [6.45, 7) is 5.94. The van der Waals surface area contributed by atoms with Crippen LogP contribution in [-0.2, 0) is 0 Å². The third-order valence-electron chi connectivity index (χ3n) is 3.89. The van der Waals surface area contributed by atoms with Gasteiger partial charge in [0.1, 0.15) is 5.75 Å². The van der Waals surface area contributed by atoms with Crippen molar-refractivity contribution in [3.8, 4) is 16.9 Å². The molecule has 3 aromatic rings. The molecule has 1 aromatic heterocycles. The third kappa shape index (κ3) is 3.59. The number of carbonyl (C=O) groups is 1. The zero-order valence-electron chi connectivity index (χ0n) is 14.6. The Labute approximate surface area is 152 Å². The molecule has 0 aliphatic carbocycles. The van der Waals surface area contributed by atoms with Crippen molar-refractivity contribution < 1.29 is 9.53 Å². The fourth-order valence-corrected chi connectivity index (χ4v) is 3.79. The lowest BCUT2D eigenvalue weighted by Crippen LogP contribution is -2.07. The number of aryl methyl sites for hydroxylation is 1. The Morgan fingerprint density at radius 2 is 1.68 bits per heavy atom. The van der Waals surface area contributed by atoms with E-state index in [9.17, 15) is 4.79 Å². The number of ether oxygens (including phenoxy) is 1. The second-order valence-electron chi connectivity index (χ2n) is 6.16. The van der Waals surface area contributed by atoms with Crippen molar-refractivity contribution in [3.63, 3.8) is 0 Å². The number of nitrogens with two attached hydrogens (primary N) is 1. The predicted octanol–water partition coefficient (Wildman–Crippen LogP) is 5.32. The Morgan fingerprint density at radius 3 is 2.28 bits per heavy atom. The molecule has 0 bridgehead atoms. The smallest absolute Gasteiger partial charge is 0.196 e. The highest BCUT2D eigenvalue weighted by molar-refractivity contribution is 7.16. The number of ketones is 1. The standard InChI is InChI=1S/C21H21NO2S/c1-13(2)24-17-11-9-16(10-12-17)20(23)19-18(14(3)25-21(19)22)15-7-5-4-6-8-15/h4-13H,22H2,1-3H3. The lowest BCUT2D eigenvalue weighted by atomic mass is 9.95. The minimum absolute atomic E-state index is 0.0585. The summed E-state index contributed by atoms with van der Waals surface area (Å²) in [5.41, 5.74) is 9.32. The number of nitrogen functional groups attached to an aromatic ring is 1. The van der Waals surface area contributed by atoms with E-state index in [1.54, 1.807) is 12.1 Å². The van der Waals surface area contributed by atoms with Gasteiger partial charge in [-0.15, -0.1) is 11.3 Å². The van der Waals surface area contributed by atoms with Crippen LogP contribution in [-0.4, -0.2) is 11.9 Å². The van der Waals surface area contributed by atoms with E-state index < -0.39 is 0 Å². The lowest BCUT2D eigenvalue weighted by molar-refractivity contribution is 0.104. The average Bonchev–Trinajstić information content (AvgIpc) is 2.89. The first-order valence-electron chi connectivity index (χ1n) is 8.23. The van der Waals surface area contributed by atoms with Crippen LogP contribution in [0.3, 0.4) is 0 Å². The second kappa shape index (κ2) is 7.11. The molecule has 0 aliphatic heterocycles. The summed E-state index contributed by atoms with van der Waals surface area (Å²) in [6.07, 6.45) is 0.0985. The van der Waals surface area contributed by atoms with Crippen molar-refractivity contribution in [2.24, 2.45) is 0 Å². The van der Waals surface area contributed by atoms with Crippen LogP contribution in [0.15, 0.2) is 54.6 Å². The van der Waals surface area contributed by atoms with Crippen LogP contribution in [0, 0.1) is 6.92 Å². The maximum Gasteiger partial charge on any atom is 0.196 e. The summed E-state index contributed by atoms with van der Waals surface area (Å²) in [7, 11) is 0. The third-order valence-corrected chi connectivity index (χ3v) is 4.82. The molecule has 2 aromatic carbocycles. The van der Waals surface area contributed by atoms with Crippen LogP contribution in [0.4, 0.5) is 5.00 Å². The van der Waals surface area contributed by atoms with E-state index in [-0.39, 0.29) is 11.9 Å². The van der Waals surface area contributed by atoms with Crippen molar-refractivity contribution >= 4 is 22.1 Å². The van der Waals surface area contributed by atoms with Crippen LogP contribution in [0.1, 0.15) is 34.6 Å². The number of thiophene rings is 1. The number of hydrogen-bond donors (Lipinski definition) is 1. The van der Waals surface area contributed by atoms with Crippen LogP contribution in [0.25, 0.3) is 11.1 Å². The summed E-state index contributed by atoms with van der Waals surface area (Å²) in [6, 6.07) is 17.1. The highest BCUT2D eigenvalue weighted by Crippen LogP contribution is 2.39. The van der Waals surface area contributed by atoms with Crippen molar-refractivity contribution in [2.75, 3.05) is 5.73 Å². The predicted molar refractivity (Wildman–Crippen MR) is 105 cm³/mol. The minimum Gasteiger partial charge on any atom is -0.491 e. The molecule has 0 aliphatic rings. The first-order chi connectivity index (χ1) is 12.0. The Morgan fingerprint density at radius 1 is 1.04 bits per heavy atom. The fraction of sp³-hybridized carbons (Fsp3) is 0.190. The van der Waals surface area contributed by atoms with Crippen molar-refractivity contribution in [1.29, 1.82) is 0 Å². The highest BCUT2D eigenvalue weighted by atomic mass is 32.1. The molecule has 4 heteroatoms. The molecule has 0 saturated carbocycles. The molecular weight excluding hydrogens is 330 g/mol. The lowest BCUT2D eigenvalue weighted by Gasteiger charge is -2.10. The minimum atomic E-state index is -0.0585. The Balaban J connectivity index is 2.01. The number of benzene rings is 2. The number of rotatable bonds is 5. The summed E-state index contributed by atoms with van der Waals surface area (Å²) < 4.78 is 5.64. The van der Waals surface area contributed by atoms with Crippen molar-refractivity contribution in [3.05, 3.63) is 70.6 Å². The molecule has 1 heterocycles. The van der Waals surface area contributed by atoms with E-state index in [4.69, 9.17) is 10.5 Å². The van der Waals surface area contributed by atoms with E-state index in [1.807, 2.05) is 63.2 Å². The largest absolute Gasteiger partial charge is 0.491 e. The second-order valence-corrected chi connectivity index (χ2v) is 7.41. The molecule has 0 fully saturated rings. The molecule has 0 saturated heterocycles. The number of anilines is 1. The Bertz CT molecular complexity index is 880. The van der Waals surface area contributed by atoms with Gasteiger partial charge in [0.2, 0.25) is 0 Å². The van der Waals surface area contributed by atoms with Gasteiger partial charge >= 0.3 is 0 Å². The fourth-order valence-electron chi connectivity index (χ4n) is 2.85. The van der Waals surface area contributed by atoms with Crippen LogP contribution >= 0.6 is 11.3 Å². The van der Waals surface area contributed by atoms with Gasteiger partial charge in [0.15, 0.2) is 5.78 Å². The van der Waals surface area contributed by atoms with Gasteiger partial charge in [-0.3, -0.25) is 4.79 Å². The highest BCUT2D eigenvalue weighted by Gasteiger charge is 2.22. The van der Waals surface area contributed by atoms with Crippen molar-refractivity contribution in [1.82, 2.24) is 0 Å². The summed E-state index contributed by atoms with van der Waals surface area (Å²) in [5, 5.41) is 0.559. The molecule has 128 valence electrons. The topological polar surface area (TPSA) is 52.3 Å². The first-order valence-corrected chi connectivity index (χ1v) is 9.04. The van der Waals surface area contributed by atoms with Gasteiger partial charge in [0.25, 0.3) is 0 Å². The molecule has 3 rings (SSSR count). The Kier molecular flexibility index (Phi) is 4.91. The molecule has 0 atom stereocenters. The van der Waals surface area contributed by atoms with Crippen LogP contribution in [0.2, 0.25) is 0 Å². The first kappa shape index (κ1) is 17.2. The normalized spacial score (nSPS) is 10.9. The number of hydrogen-bond acceptors (Lipinski definition) is 4. The SMILES string of the molecule is Cc1sc(N)c(C(=O)c2ccc(OC(C)C)cc2)c1-c1ccccc1. The monoisotopic (exact) mass is 351 g/mol. The summed E-state index contributed by atoms with van der Waals surface area (Å²) >= 11 is 1.46. The molecule has 2 N–H and O–H groups in total. The molecule has 0 amide bonds. The van der Waals surface area contributed by atoms with Gasteiger partial charge in [-0.1, -0.05) is 30.3 Å². The maximum atomic E-state index is 13.1. The van der Waals surface area contributed by atoms with E-state index in [0.29, 0.717) is 16.1 Å². The van der Waals surface area contributed by atoms with Gasteiger partial charge in [-0.2, -0.15) is 0 Å². The maximum absolute atomic E-state index is 13.1. The Hall–Kier alpha value is -2.59. The molecule has 3 nitrogen and oxygen atoms in total. The van der Waals surface area contributed by atoms with Gasteiger partial charge in [0.05, 0.1) is 16.7 Å². The molecule has 0 spiro atoms. The van der Waals surface area contributed by atoms with E-state index in [0.717, 1.165) is 21.8 Å². The summed E-state index contributed by atoms with van der Waals surface area (Å²) in [4.78, 5) is 14.1. The van der Waals surface area contributed by atoms with E-state index >= 15 is 0 Å². The van der Waals surface area contributed by atoms with Crippen molar-refractivity contribution in [2.45, 2.75) is 26.9 Å². The number of carbonyl (C=O) groups excluding carboxylic acids is 1. The van der Waals surface area contributed by atoms with Crippen LogP contribution < -0.4 is 10.5 Å². The summed E-state index contributed by atoms with van der Waals surface area (Å²) in [5.74, 6) is 0.695. The van der Waals surface area contributed by atoms with E-state index in [1.165, 1.54) is 11.3 Å². The zero-order valence-corrected chi connectivity index (χ0v) is 15.4. The molecule has 0 unspecified atom stereocenters. The van der Waals surface area contributed by atoms with Crippen LogP contribution in [0.5, 0.6) is 5.75 Å². The van der Waals surface area contributed by atoms with Gasteiger partial charge in [0, 0.05) is 16.0 Å². The molecular formula is C21H21NO2S. The zero-order chi connectivity index (χ0) is 18.0. The molecule has 25 heavy (non-hydrogen) atoms. The van der Waals surface area contributed by atoms with Gasteiger partial charge in [-0.25, -0.2) is 0 Å². The van der Waals surface area contributed by atoms with Gasteiger partial charge in [-0.05, 0) is 50.6 Å². The average molecular weight is 351 g/mol. The van der Waals surface area contributed by atoms with E-state index in [2.05, 4.69) is 0 Å².